The molecule has 0 aliphatic heterocycles. The molecule has 3 rings (SSSR count). The fourth-order valence-electron chi connectivity index (χ4n) is 1.96. The van der Waals surface area contributed by atoms with Crippen molar-refractivity contribution in [3.8, 4) is 11.6 Å². The molecule has 0 bridgehead atoms. The van der Waals surface area contributed by atoms with Gasteiger partial charge in [0.15, 0.2) is 11.4 Å². The Labute approximate surface area is 178 Å². The van der Waals surface area contributed by atoms with Crippen molar-refractivity contribution in [3.63, 3.8) is 0 Å². The van der Waals surface area contributed by atoms with Gasteiger partial charge in [0.05, 0.1) is 12.0 Å². The van der Waals surface area contributed by atoms with E-state index in [9.17, 15) is 9.90 Å². The van der Waals surface area contributed by atoms with Crippen LogP contribution < -0.4 is 4.74 Å². The van der Waals surface area contributed by atoms with Crippen LogP contribution in [0.3, 0.4) is 0 Å². The monoisotopic (exact) mass is 559 g/mol. The van der Waals surface area contributed by atoms with Crippen LogP contribution in [-0.2, 0) is 24.9 Å². The zero-order valence-corrected chi connectivity index (χ0v) is 18.7. The normalized spacial score (nSPS) is 11.0. The molecule has 3 aromatic rings. The van der Waals surface area contributed by atoms with Crippen molar-refractivity contribution in [2.24, 2.45) is 11.8 Å². The summed E-state index contributed by atoms with van der Waals surface area (Å²) in [5.74, 6) is 1.25. The number of allylic oxidation sites excluding steroid dienone is 2. The zero-order valence-electron chi connectivity index (χ0n) is 16.3. The van der Waals surface area contributed by atoms with Gasteiger partial charge in [0.1, 0.15) is 0 Å². The Morgan fingerprint density at radius 1 is 1.18 bits per heavy atom. The van der Waals surface area contributed by atoms with Gasteiger partial charge in [-0.1, -0.05) is 27.7 Å². The summed E-state index contributed by atoms with van der Waals surface area (Å²) < 4.78 is 10.9. The molecule has 0 aliphatic carbocycles. The number of hydrogen-bond donors (Lipinski definition) is 1. The quantitative estimate of drug-likeness (QED) is 0.246. The van der Waals surface area contributed by atoms with Crippen LogP contribution in [0.4, 0.5) is 0 Å². The number of aliphatic hydroxyl groups excluding tert-OH is 1. The summed E-state index contributed by atoms with van der Waals surface area (Å²) in [6, 6.07) is 14.1. The molecule has 0 saturated carbocycles. The first-order chi connectivity index (χ1) is 12.9. The number of aromatic nitrogens is 1. The van der Waals surface area contributed by atoms with Crippen molar-refractivity contribution in [2.75, 3.05) is 0 Å². The fraction of sp³-hybridized carbons (Fsp3) is 0.273. The van der Waals surface area contributed by atoms with E-state index in [2.05, 4.69) is 11.1 Å². The smallest absolute Gasteiger partial charge is 0.261 e. The van der Waals surface area contributed by atoms with Gasteiger partial charge in [-0.25, -0.2) is 4.98 Å². The van der Waals surface area contributed by atoms with E-state index in [-0.39, 0.29) is 43.5 Å². The van der Waals surface area contributed by atoms with Crippen LogP contribution in [0.25, 0.3) is 11.0 Å². The largest absolute Gasteiger partial charge is 0.512 e. The third-order valence-corrected chi connectivity index (χ3v) is 3.67. The first-order valence-corrected chi connectivity index (χ1v) is 8.79. The van der Waals surface area contributed by atoms with Crippen molar-refractivity contribution in [3.05, 3.63) is 66.8 Å². The molecule has 1 radical (unpaired) electrons. The average Bonchev–Trinajstić information content (AvgIpc) is 3.13. The third-order valence-electron chi connectivity index (χ3n) is 3.67. The predicted octanol–water partition coefficient (Wildman–Crippen LogP) is 5.73. The van der Waals surface area contributed by atoms with E-state index in [1.807, 2.05) is 58.0 Å². The molecular formula is C22H24IrNO4-. The van der Waals surface area contributed by atoms with Crippen molar-refractivity contribution >= 4 is 16.8 Å². The van der Waals surface area contributed by atoms with Gasteiger partial charge >= 0.3 is 0 Å². The van der Waals surface area contributed by atoms with E-state index in [0.29, 0.717) is 17.2 Å². The third kappa shape index (κ3) is 6.95. The van der Waals surface area contributed by atoms with E-state index < -0.39 is 0 Å². The summed E-state index contributed by atoms with van der Waals surface area (Å²) >= 11 is 0. The Bertz CT molecular complexity index is 901. The maximum atomic E-state index is 11.0. The van der Waals surface area contributed by atoms with E-state index >= 15 is 0 Å². The minimum absolute atomic E-state index is 0. The molecule has 0 unspecified atom stereocenters. The van der Waals surface area contributed by atoms with Gasteiger partial charge in [-0.05, 0) is 12.1 Å². The number of benzene rings is 1. The van der Waals surface area contributed by atoms with Crippen molar-refractivity contribution in [2.45, 2.75) is 27.7 Å². The minimum Gasteiger partial charge on any atom is -0.512 e. The predicted molar refractivity (Wildman–Crippen MR) is 105 cm³/mol. The van der Waals surface area contributed by atoms with Gasteiger partial charge in [0.25, 0.3) is 5.88 Å². The minimum atomic E-state index is -0.0316. The molecule has 6 heteroatoms. The summed E-state index contributed by atoms with van der Waals surface area (Å²) in [6.45, 7) is 7.32. The number of pyridine rings is 1. The SMILES string of the molecule is CC(C)C(=O)/C=C(\O)C(C)C.[Ir].[c-]1ccccc1Oc1nccc2ccoc12. The van der Waals surface area contributed by atoms with Crippen molar-refractivity contribution < 1.29 is 39.2 Å². The fourth-order valence-corrected chi connectivity index (χ4v) is 1.96. The van der Waals surface area contributed by atoms with Crippen LogP contribution in [0.15, 0.2) is 65.1 Å². The number of ketones is 1. The molecule has 0 spiro atoms. The number of nitrogens with zero attached hydrogens (tertiary/aromatic N) is 1. The number of rotatable bonds is 5. The van der Waals surface area contributed by atoms with Crippen LogP contribution in [0, 0.1) is 17.9 Å². The Kier molecular flexibility index (Phi) is 9.63. The second-order valence-electron chi connectivity index (χ2n) is 6.56. The van der Waals surface area contributed by atoms with Crippen LogP contribution >= 0.6 is 0 Å². The second kappa shape index (κ2) is 11.4. The van der Waals surface area contributed by atoms with Gasteiger partial charge in [-0.2, -0.15) is 18.2 Å². The molecule has 2 aromatic heterocycles. The van der Waals surface area contributed by atoms with Crippen LogP contribution in [0.2, 0.25) is 0 Å². The van der Waals surface area contributed by atoms with E-state index in [1.54, 1.807) is 18.5 Å². The molecular weight excluding hydrogens is 534 g/mol. The summed E-state index contributed by atoms with van der Waals surface area (Å²) in [5.41, 5.74) is 0.653. The summed E-state index contributed by atoms with van der Waals surface area (Å²) in [6.07, 6.45) is 4.62. The molecule has 151 valence electrons. The van der Waals surface area contributed by atoms with Crippen LogP contribution in [0.1, 0.15) is 27.7 Å². The number of fused-ring (bicyclic) bond motifs is 1. The second-order valence-corrected chi connectivity index (χ2v) is 6.56. The summed E-state index contributed by atoms with van der Waals surface area (Å²) in [5, 5.41) is 10.2. The molecule has 1 aromatic carbocycles. The summed E-state index contributed by atoms with van der Waals surface area (Å²) in [7, 11) is 0. The molecule has 2 heterocycles. The topological polar surface area (TPSA) is 72.6 Å². The standard InChI is InChI=1S/C13H8NO2.C9H16O2.Ir/c1-2-4-11(5-3-1)16-13-12-10(6-8-14-13)7-9-15-12;1-6(2)8(10)5-9(11)7(3)4;/h1-4,6-9H;5-7,10H,1-4H3;/q-1;;/b;8-5-;. The first kappa shape index (κ1) is 23.6. The van der Waals surface area contributed by atoms with Gasteiger partial charge in [-0.3, -0.25) is 4.79 Å². The zero-order chi connectivity index (χ0) is 19.8. The van der Waals surface area contributed by atoms with Gasteiger partial charge in [0, 0.05) is 55.3 Å². The molecule has 0 amide bonds. The van der Waals surface area contributed by atoms with Crippen LogP contribution in [-0.4, -0.2) is 15.9 Å². The molecule has 0 fully saturated rings. The Hall–Kier alpha value is -2.43. The average molecular weight is 559 g/mol. The molecule has 0 atom stereocenters. The number of para-hydroxylation sites is 1. The molecule has 28 heavy (non-hydrogen) atoms. The van der Waals surface area contributed by atoms with E-state index in [1.165, 1.54) is 6.08 Å². The van der Waals surface area contributed by atoms with Crippen LogP contribution in [0.5, 0.6) is 11.6 Å². The maximum Gasteiger partial charge on any atom is 0.261 e. The Morgan fingerprint density at radius 2 is 1.93 bits per heavy atom. The molecule has 0 aliphatic rings. The number of ether oxygens (including phenoxy) is 1. The Balaban J connectivity index is 0.000000292. The van der Waals surface area contributed by atoms with Gasteiger partial charge < -0.3 is 14.3 Å². The van der Waals surface area contributed by atoms with Gasteiger partial charge in [-0.15, -0.1) is 12.1 Å². The van der Waals surface area contributed by atoms with Crippen molar-refractivity contribution in [1.29, 1.82) is 0 Å². The number of furan rings is 1. The van der Waals surface area contributed by atoms with E-state index in [4.69, 9.17) is 9.15 Å². The maximum absolute atomic E-state index is 11.0. The molecule has 1 N–H and O–H groups in total. The molecule has 0 saturated heterocycles. The Morgan fingerprint density at radius 3 is 2.54 bits per heavy atom. The van der Waals surface area contributed by atoms with Crippen molar-refractivity contribution in [1.82, 2.24) is 4.98 Å². The molecule has 5 nitrogen and oxygen atoms in total. The van der Waals surface area contributed by atoms with E-state index in [0.717, 1.165) is 5.39 Å². The number of carbonyl (C=O) groups excluding carboxylic acids is 1. The summed E-state index contributed by atoms with van der Waals surface area (Å²) in [4.78, 5) is 15.2. The number of aliphatic hydroxyl groups is 1. The number of carbonyl (C=O) groups is 1. The first-order valence-electron chi connectivity index (χ1n) is 8.79. The number of hydrogen-bond acceptors (Lipinski definition) is 5. The van der Waals surface area contributed by atoms with Gasteiger partial charge in [0.2, 0.25) is 0 Å².